The third-order valence-corrected chi connectivity index (χ3v) is 3.03. The third kappa shape index (κ3) is 5.03. The first-order chi connectivity index (χ1) is 11.1. The highest BCUT2D eigenvalue weighted by atomic mass is 16.5. The van der Waals surface area contributed by atoms with E-state index >= 15 is 0 Å². The van der Waals surface area contributed by atoms with Gasteiger partial charge in [0.15, 0.2) is 0 Å². The highest BCUT2D eigenvalue weighted by molar-refractivity contribution is 6.00. The van der Waals surface area contributed by atoms with E-state index in [9.17, 15) is 9.59 Å². The van der Waals surface area contributed by atoms with Gasteiger partial charge in [0.1, 0.15) is 5.75 Å². The minimum Gasteiger partial charge on any atom is -0.492 e. The van der Waals surface area contributed by atoms with Gasteiger partial charge in [-0.3, -0.25) is 4.79 Å². The number of amides is 3. The molecule has 6 heteroatoms. The summed E-state index contributed by atoms with van der Waals surface area (Å²) in [7, 11) is 0. The molecule has 0 aliphatic carbocycles. The molecule has 0 aliphatic heterocycles. The molecule has 6 nitrogen and oxygen atoms in total. The Morgan fingerprint density at radius 1 is 1.04 bits per heavy atom. The van der Waals surface area contributed by atoms with Gasteiger partial charge < -0.3 is 21.1 Å². The van der Waals surface area contributed by atoms with Gasteiger partial charge in [-0.05, 0) is 36.8 Å². The summed E-state index contributed by atoms with van der Waals surface area (Å²) in [5.74, 6) is 0.220. The Labute approximate surface area is 134 Å². The first-order valence-corrected chi connectivity index (χ1v) is 7.25. The normalized spacial score (nSPS) is 9.96. The Balaban J connectivity index is 1.98. The quantitative estimate of drug-likeness (QED) is 0.765. The number of nitrogens with two attached hydrogens (primary N) is 1. The fourth-order valence-electron chi connectivity index (χ4n) is 2.04. The van der Waals surface area contributed by atoms with Crippen molar-refractivity contribution in [1.29, 1.82) is 0 Å². The molecular weight excluding hydrogens is 294 g/mol. The summed E-state index contributed by atoms with van der Waals surface area (Å²) in [5, 5.41) is 5.46. The van der Waals surface area contributed by atoms with Crippen molar-refractivity contribution < 1.29 is 14.3 Å². The number of carbonyl (C=O) groups is 2. The number of carbonyl (C=O) groups excluding carboxylic acids is 2. The third-order valence-electron chi connectivity index (χ3n) is 3.03. The van der Waals surface area contributed by atoms with E-state index in [0.29, 0.717) is 23.7 Å². The molecule has 2 rings (SSSR count). The predicted molar refractivity (Wildman–Crippen MR) is 89.6 cm³/mol. The number of urea groups is 1. The Hall–Kier alpha value is -3.02. The monoisotopic (exact) mass is 313 g/mol. The lowest BCUT2D eigenvalue weighted by Crippen LogP contribution is -2.20. The summed E-state index contributed by atoms with van der Waals surface area (Å²) in [6.07, 6.45) is 0.175. The van der Waals surface area contributed by atoms with Crippen LogP contribution < -0.4 is 21.1 Å². The van der Waals surface area contributed by atoms with Crippen molar-refractivity contribution in [3.8, 4) is 5.75 Å². The van der Waals surface area contributed by atoms with Crippen LogP contribution >= 0.6 is 0 Å². The van der Waals surface area contributed by atoms with Crippen molar-refractivity contribution in [3.05, 3.63) is 54.1 Å². The van der Waals surface area contributed by atoms with Crippen LogP contribution in [-0.4, -0.2) is 18.5 Å². The van der Waals surface area contributed by atoms with Gasteiger partial charge in [0.2, 0.25) is 5.91 Å². The summed E-state index contributed by atoms with van der Waals surface area (Å²) in [5.41, 5.74) is 7.14. The van der Waals surface area contributed by atoms with E-state index in [1.807, 2.05) is 19.1 Å². The number of anilines is 2. The van der Waals surface area contributed by atoms with Crippen LogP contribution in [0.15, 0.2) is 48.5 Å². The van der Waals surface area contributed by atoms with Crippen molar-refractivity contribution in [1.82, 2.24) is 0 Å². The van der Waals surface area contributed by atoms with E-state index in [4.69, 9.17) is 10.5 Å². The molecule has 0 radical (unpaired) electrons. The second-order valence-electron chi connectivity index (χ2n) is 4.85. The maximum Gasteiger partial charge on any atom is 0.323 e. The summed E-state index contributed by atoms with van der Waals surface area (Å²) in [6, 6.07) is 13.8. The van der Waals surface area contributed by atoms with Crippen LogP contribution in [0.5, 0.6) is 5.75 Å². The number of rotatable bonds is 6. The minimum atomic E-state index is -0.393. The number of hydrogen-bond acceptors (Lipinski definition) is 3. The summed E-state index contributed by atoms with van der Waals surface area (Å²) in [6.45, 7) is 2.39. The van der Waals surface area contributed by atoms with E-state index in [2.05, 4.69) is 10.6 Å². The second-order valence-corrected chi connectivity index (χ2v) is 4.85. The van der Waals surface area contributed by atoms with E-state index in [-0.39, 0.29) is 12.5 Å². The van der Waals surface area contributed by atoms with Crippen LogP contribution in [0.25, 0.3) is 0 Å². The molecular formula is C17H19N3O3. The van der Waals surface area contributed by atoms with Crippen LogP contribution in [0.1, 0.15) is 12.5 Å². The predicted octanol–water partition coefficient (Wildman–Crippen LogP) is 2.76. The largest absolute Gasteiger partial charge is 0.492 e. The number of para-hydroxylation sites is 2. The van der Waals surface area contributed by atoms with Gasteiger partial charge >= 0.3 is 6.03 Å². The Kier molecular flexibility index (Phi) is 5.57. The molecule has 2 aromatic carbocycles. The lowest BCUT2D eigenvalue weighted by molar-refractivity contribution is -0.117. The van der Waals surface area contributed by atoms with Crippen LogP contribution in [0.3, 0.4) is 0 Å². The summed E-state index contributed by atoms with van der Waals surface area (Å²) in [4.78, 5) is 22.9. The van der Waals surface area contributed by atoms with Gasteiger partial charge in [-0.15, -0.1) is 0 Å². The topological polar surface area (TPSA) is 93.4 Å². The van der Waals surface area contributed by atoms with E-state index in [1.54, 1.807) is 36.4 Å². The van der Waals surface area contributed by atoms with Gasteiger partial charge in [0, 0.05) is 5.69 Å². The molecule has 0 bridgehead atoms. The van der Waals surface area contributed by atoms with Crippen molar-refractivity contribution in [2.45, 2.75) is 13.3 Å². The zero-order valence-electron chi connectivity index (χ0n) is 12.8. The minimum absolute atomic E-state index is 0.175. The van der Waals surface area contributed by atoms with Gasteiger partial charge in [-0.25, -0.2) is 4.79 Å². The number of benzene rings is 2. The van der Waals surface area contributed by atoms with E-state index in [1.165, 1.54) is 0 Å². The average molecular weight is 313 g/mol. The van der Waals surface area contributed by atoms with Gasteiger partial charge in [-0.1, -0.05) is 24.3 Å². The molecule has 4 N–H and O–H groups in total. The first kappa shape index (κ1) is 16.4. The van der Waals surface area contributed by atoms with Crippen molar-refractivity contribution in [3.63, 3.8) is 0 Å². The molecule has 0 saturated heterocycles. The fourth-order valence-corrected chi connectivity index (χ4v) is 2.04. The molecule has 0 atom stereocenters. The van der Waals surface area contributed by atoms with E-state index < -0.39 is 5.91 Å². The van der Waals surface area contributed by atoms with Crippen LogP contribution in [0.2, 0.25) is 0 Å². The zero-order chi connectivity index (χ0) is 16.7. The Morgan fingerprint density at radius 2 is 1.74 bits per heavy atom. The standard InChI is InChI=1S/C17H19N3O3/c1-2-23-15-6-4-3-5-14(15)20-17(22)19-13-9-7-12(8-10-13)11-16(18)21/h3-10H,2,11H2,1H3,(H2,18,21)(H2,19,20,22). The SMILES string of the molecule is CCOc1ccccc1NC(=O)Nc1ccc(CC(N)=O)cc1. The van der Waals surface area contributed by atoms with Crippen LogP contribution in [-0.2, 0) is 11.2 Å². The van der Waals surface area contributed by atoms with Gasteiger partial charge in [0.25, 0.3) is 0 Å². The van der Waals surface area contributed by atoms with Crippen molar-refractivity contribution in [2.24, 2.45) is 5.73 Å². The number of ether oxygens (including phenoxy) is 1. The summed E-state index contributed by atoms with van der Waals surface area (Å²) >= 11 is 0. The summed E-state index contributed by atoms with van der Waals surface area (Å²) < 4.78 is 5.45. The Bertz CT molecular complexity index is 684. The fraction of sp³-hybridized carbons (Fsp3) is 0.176. The number of hydrogen-bond donors (Lipinski definition) is 3. The lowest BCUT2D eigenvalue weighted by Gasteiger charge is -2.12. The highest BCUT2D eigenvalue weighted by Gasteiger charge is 2.07. The Morgan fingerprint density at radius 3 is 2.39 bits per heavy atom. The van der Waals surface area contributed by atoms with Crippen molar-refractivity contribution >= 4 is 23.3 Å². The molecule has 3 amide bonds. The second kappa shape index (κ2) is 7.84. The molecule has 0 aromatic heterocycles. The highest BCUT2D eigenvalue weighted by Crippen LogP contribution is 2.23. The molecule has 120 valence electrons. The number of nitrogens with one attached hydrogen (secondary N) is 2. The molecule has 0 heterocycles. The zero-order valence-corrected chi connectivity index (χ0v) is 12.8. The van der Waals surface area contributed by atoms with E-state index in [0.717, 1.165) is 5.56 Å². The average Bonchev–Trinajstić information content (AvgIpc) is 2.51. The molecule has 0 fully saturated rings. The number of primary amides is 1. The molecule has 0 saturated carbocycles. The molecule has 0 spiro atoms. The maximum atomic E-state index is 12.0. The lowest BCUT2D eigenvalue weighted by atomic mass is 10.1. The molecule has 0 unspecified atom stereocenters. The first-order valence-electron chi connectivity index (χ1n) is 7.25. The van der Waals surface area contributed by atoms with Crippen molar-refractivity contribution in [2.75, 3.05) is 17.2 Å². The van der Waals surface area contributed by atoms with Crippen LogP contribution in [0, 0.1) is 0 Å². The van der Waals surface area contributed by atoms with Gasteiger partial charge in [0.05, 0.1) is 18.7 Å². The molecule has 2 aromatic rings. The molecule has 0 aliphatic rings. The maximum absolute atomic E-state index is 12.0. The molecule has 23 heavy (non-hydrogen) atoms. The van der Waals surface area contributed by atoms with Crippen LogP contribution in [0.4, 0.5) is 16.2 Å². The van der Waals surface area contributed by atoms with Gasteiger partial charge in [-0.2, -0.15) is 0 Å². The smallest absolute Gasteiger partial charge is 0.323 e.